The van der Waals surface area contributed by atoms with Crippen molar-refractivity contribution in [1.29, 1.82) is 0 Å². The van der Waals surface area contributed by atoms with E-state index in [-0.39, 0.29) is 29.0 Å². The van der Waals surface area contributed by atoms with Gasteiger partial charge in [-0.25, -0.2) is 22.2 Å². The average molecular weight is 635 g/mol. The maximum absolute atomic E-state index is 13.7. The van der Waals surface area contributed by atoms with Gasteiger partial charge in [0.15, 0.2) is 0 Å². The smallest absolute Gasteiger partial charge is 0.255 e. The van der Waals surface area contributed by atoms with Crippen molar-refractivity contribution in [3.05, 3.63) is 95.4 Å². The van der Waals surface area contributed by atoms with Crippen LogP contribution in [0.1, 0.15) is 40.4 Å². The van der Waals surface area contributed by atoms with Crippen LogP contribution in [-0.4, -0.2) is 57.6 Å². The first-order chi connectivity index (χ1) is 21.5. The molecule has 0 radical (unpaired) electrons. The number of likely N-dealkylation sites (tertiary alicyclic amines) is 1. The summed E-state index contributed by atoms with van der Waals surface area (Å²) in [5.41, 5.74) is 3.77. The molecule has 1 aliphatic rings. The van der Waals surface area contributed by atoms with E-state index in [0.29, 0.717) is 46.8 Å². The largest absolute Gasteiger partial charge is 0.455 e. The third-order valence-corrected chi connectivity index (χ3v) is 9.40. The van der Waals surface area contributed by atoms with Crippen LogP contribution in [0.5, 0.6) is 0 Å². The minimum Gasteiger partial charge on any atom is -0.455 e. The Labute approximate surface area is 259 Å². The number of rotatable bonds is 8. The standard InChI is InChI=1S/C33H32F2N4O5S/c1-36-32(40)30-27-15-26(28(38(2)45(3,41)42)16-29(27)44-31(30)20-6-10-23(34)11-7-20)22-5-4-14-39(17-22)18-25-19-43-33(37-25)21-8-12-24(35)13-9-21/h6-13,15-16,19,22H,4-5,14,17-18H2,1-3H3,(H,36,40)/t22-/m1/s1. The van der Waals surface area contributed by atoms with Crippen LogP contribution in [0.25, 0.3) is 33.7 Å². The lowest BCUT2D eigenvalue weighted by Crippen LogP contribution is -2.35. The second-order valence-electron chi connectivity index (χ2n) is 11.3. The number of carbonyl (C=O) groups is 1. The van der Waals surface area contributed by atoms with Crippen LogP contribution in [0.3, 0.4) is 0 Å². The number of sulfonamides is 1. The molecule has 0 unspecified atom stereocenters. The van der Waals surface area contributed by atoms with E-state index < -0.39 is 15.8 Å². The normalized spacial score (nSPS) is 15.8. The van der Waals surface area contributed by atoms with Crippen molar-refractivity contribution in [3.8, 4) is 22.8 Å². The van der Waals surface area contributed by atoms with Gasteiger partial charge in [0.1, 0.15) is 29.2 Å². The zero-order valence-electron chi connectivity index (χ0n) is 25.0. The molecule has 9 nitrogen and oxygen atoms in total. The molecule has 2 aromatic heterocycles. The van der Waals surface area contributed by atoms with Crippen molar-refractivity contribution in [2.45, 2.75) is 25.3 Å². The van der Waals surface area contributed by atoms with Gasteiger partial charge in [-0.2, -0.15) is 0 Å². The molecule has 3 heterocycles. The summed E-state index contributed by atoms with van der Waals surface area (Å²) < 4.78 is 65.7. The van der Waals surface area contributed by atoms with Gasteiger partial charge in [-0.05, 0) is 85.5 Å². The predicted octanol–water partition coefficient (Wildman–Crippen LogP) is 6.17. The summed E-state index contributed by atoms with van der Waals surface area (Å²) in [5.74, 6) is -0.546. The zero-order chi connectivity index (χ0) is 31.9. The number of hydrogen-bond donors (Lipinski definition) is 1. The molecule has 1 fully saturated rings. The van der Waals surface area contributed by atoms with E-state index in [0.717, 1.165) is 36.9 Å². The summed E-state index contributed by atoms with van der Waals surface area (Å²) in [6.07, 6.45) is 4.38. The fourth-order valence-corrected chi connectivity index (χ4v) is 6.38. The number of piperidine rings is 1. The summed E-state index contributed by atoms with van der Waals surface area (Å²) in [4.78, 5) is 20.0. The molecule has 0 aliphatic carbocycles. The van der Waals surface area contributed by atoms with Gasteiger partial charge in [0.2, 0.25) is 15.9 Å². The van der Waals surface area contributed by atoms with Crippen molar-refractivity contribution >= 4 is 32.6 Å². The number of carbonyl (C=O) groups excluding carboxylic acids is 1. The first-order valence-electron chi connectivity index (χ1n) is 14.5. The second kappa shape index (κ2) is 12.1. The number of amides is 1. The summed E-state index contributed by atoms with van der Waals surface area (Å²) in [5, 5.41) is 3.20. The van der Waals surface area contributed by atoms with Gasteiger partial charge in [0.05, 0.1) is 23.2 Å². The second-order valence-corrected chi connectivity index (χ2v) is 13.3. The molecule has 1 amide bonds. The van der Waals surface area contributed by atoms with Crippen LogP contribution in [0.4, 0.5) is 14.5 Å². The van der Waals surface area contributed by atoms with Crippen LogP contribution in [0.2, 0.25) is 0 Å². The maximum atomic E-state index is 13.7. The molecule has 0 saturated carbocycles. The van der Waals surface area contributed by atoms with Crippen molar-refractivity contribution in [3.63, 3.8) is 0 Å². The topological polar surface area (TPSA) is 109 Å². The summed E-state index contributed by atoms with van der Waals surface area (Å²) in [6, 6.07) is 15.1. The number of anilines is 1. The zero-order valence-corrected chi connectivity index (χ0v) is 25.8. The molecule has 1 aliphatic heterocycles. The van der Waals surface area contributed by atoms with Gasteiger partial charge in [-0.15, -0.1) is 0 Å². The lowest BCUT2D eigenvalue weighted by molar-refractivity contribution is 0.0964. The fraction of sp³-hybridized carbons (Fsp3) is 0.273. The quantitative estimate of drug-likeness (QED) is 0.218. The molecule has 0 bridgehead atoms. The Hall–Kier alpha value is -4.55. The number of nitrogens with zero attached hydrogens (tertiary/aromatic N) is 3. The van der Waals surface area contributed by atoms with Gasteiger partial charge < -0.3 is 14.2 Å². The van der Waals surface area contributed by atoms with Crippen molar-refractivity contribution < 1.29 is 30.8 Å². The van der Waals surface area contributed by atoms with E-state index in [1.54, 1.807) is 24.5 Å². The Morgan fingerprint density at radius 1 is 1.07 bits per heavy atom. The van der Waals surface area contributed by atoms with Crippen LogP contribution in [0, 0.1) is 11.6 Å². The Bertz CT molecular complexity index is 1970. The molecule has 1 saturated heterocycles. The molecular formula is C33H32F2N4O5S. The molecular weight excluding hydrogens is 602 g/mol. The third kappa shape index (κ3) is 6.20. The molecule has 0 spiro atoms. The van der Waals surface area contributed by atoms with E-state index in [1.807, 2.05) is 6.07 Å². The van der Waals surface area contributed by atoms with Gasteiger partial charge in [0, 0.05) is 49.8 Å². The molecule has 5 aromatic rings. The Morgan fingerprint density at radius 3 is 2.38 bits per heavy atom. The molecule has 45 heavy (non-hydrogen) atoms. The number of nitrogens with one attached hydrogen (secondary N) is 1. The van der Waals surface area contributed by atoms with E-state index in [2.05, 4.69) is 15.2 Å². The Kier molecular flexibility index (Phi) is 8.19. The predicted molar refractivity (Wildman–Crippen MR) is 167 cm³/mol. The molecule has 6 rings (SSSR count). The molecule has 1 N–H and O–H groups in total. The Morgan fingerprint density at radius 2 is 1.73 bits per heavy atom. The lowest BCUT2D eigenvalue weighted by Gasteiger charge is -2.34. The number of fused-ring (bicyclic) bond motifs is 1. The average Bonchev–Trinajstić information content (AvgIpc) is 3.64. The highest BCUT2D eigenvalue weighted by atomic mass is 32.2. The van der Waals surface area contributed by atoms with E-state index in [9.17, 15) is 22.0 Å². The lowest BCUT2D eigenvalue weighted by atomic mass is 9.88. The van der Waals surface area contributed by atoms with Crippen LogP contribution >= 0.6 is 0 Å². The summed E-state index contributed by atoms with van der Waals surface area (Å²) in [6.45, 7) is 1.91. The van der Waals surface area contributed by atoms with Gasteiger partial charge in [-0.1, -0.05) is 0 Å². The minimum atomic E-state index is -3.64. The summed E-state index contributed by atoms with van der Waals surface area (Å²) >= 11 is 0. The highest BCUT2D eigenvalue weighted by molar-refractivity contribution is 7.92. The van der Waals surface area contributed by atoms with Gasteiger partial charge in [0.25, 0.3) is 5.91 Å². The molecule has 1 atom stereocenters. The number of aromatic nitrogens is 1. The monoisotopic (exact) mass is 634 g/mol. The highest BCUT2D eigenvalue weighted by Crippen LogP contribution is 2.42. The number of oxazole rings is 1. The number of furan rings is 1. The van der Waals surface area contributed by atoms with Gasteiger partial charge >= 0.3 is 0 Å². The van der Waals surface area contributed by atoms with E-state index in [4.69, 9.17) is 8.83 Å². The SMILES string of the molecule is CNC(=O)c1c(-c2ccc(F)cc2)oc2cc(N(C)S(C)(=O)=O)c([C@@H]3CCCN(Cc4coc(-c5ccc(F)cc5)n4)C3)cc12. The third-order valence-electron chi connectivity index (χ3n) is 8.21. The first kappa shape index (κ1) is 30.5. The van der Waals surface area contributed by atoms with Crippen LogP contribution < -0.4 is 9.62 Å². The minimum absolute atomic E-state index is 0.0764. The molecule has 12 heteroatoms. The number of benzene rings is 3. The van der Waals surface area contributed by atoms with Crippen LogP contribution in [0.15, 0.2) is 75.8 Å². The Balaban J connectivity index is 1.38. The van der Waals surface area contributed by atoms with E-state index in [1.165, 1.54) is 54.8 Å². The molecule has 3 aromatic carbocycles. The van der Waals surface area contributed by atoms with Crippen molar-refractivity contribution in [2.75, 3.05) is 37.7 Å². The maximum Gasteiger partial charge on any atom is 0.255 e. The van der Waals surface area contributed by atoms with Gasteiger partial charge in [-0.3, -0.25) is 14.0 Å². The summed E-state index contributed by atoms with van der Waals surface area (Å²) in [7, 11) is -0.627. The van der Waals surface area contributed by atoms with Crippen LogP contribution in [-0.2, 0) is 16.6 Å². The number of hydrogen-bond acceptors (Lipinski definition) is 7. The van der Waals surface area contributed by atoms with Crippen molar-refractivity contribution in [2.24, 2.45) is 0 Å². The fourth-order valence-electron chi connectivity index (χ4n) is 5.87. The van der Waals surface area contributed by atoms with E-state index >= 15 is 0 Å². The number of halogens is 2. The van der Waals surface area contributed by atoms with Crippen molar-refractivity contribution in [1.82, 2.24) is 15.2 Å². The highest BCUT2D eigenvalue weighted by Gasteiger charge is 2.30. The molecule has 234 valence electrons. The first-order valence-corrected chi connectivity index (χ1v) is 16.3.